The van der Waals surface area contributed by atoms with E-state index in [2.05, 4.69) is 0 Å². The summed E-state index contributed by atoms with van der Waals surface area (Å²) in [4.78, 5) is 10.7. The Labute approximate surface area is 103 Å². The Balaban J connectivity index is 1.61. The van der Waals surface area contributed by atoms with E-state index in [-0.39, 0.29) is 5.97 Å². The summed E-state index contributed by atoms with van der Waals surface area (Å²) in [7, 11) is 0. The molecule has 0 aromatic rings. The van der Waals surface area contributed by atoms with Gasteiger partial charge in [0.25, 0.3) is 0 Å². The maximum absolute atomic E-state index is 10.7. The molecule has 4 nitrogen and oxygen atoms in total. The SMILES string of the molecule is CC(=O)OCC1CCC(OC2CCOC2)CC1. The third kappa shape index (κ3) is 4.28. The van der Waals surface area contributed by atoms with Crippen molar-refractivity contribution >= 4 is 5.97 Å². The minimum atomic E-state index is -0.175. The first-order valence-electron chi connectivity index (χ1n) is 6.60. The van der Waals surface area contributed by atoms with Crippen LogP contribution in [0, 0.1) is 5.92 Å². The lowest BCUT2D eigenvalue weighted by atomic mass is 9.88. The van der Waals surface area contributed by atoms with Crippen LogP contribution in [0.2, 0.25) is 0 Å². The molecule has 0 aromatic carbocycles. The maximum Gasteiger partial charge on any atom is 0.302 e. The summed E-state index contributed by atoms with van der Waals surface area (Å²) in [6.07, 6.45) is 6.11. The summed E-state index contributed by atoms with van der Waals surface area (Å²) in [5.74, 6) is 0.352. The Morgan fingerprint density at radius 2 is 1.94 bits per heavy atom. The van der Waals surface area contributed by atoms with Crippen LogP contribution in [-0.2, 0) is 19.0 Å². The highest BCUT2D eigenvalue weighted by atomic mass is 16.6. The van der Waals surface area contributed by atoms with E-state index >= 15 is 0 Å². The molecule has 1 aliphatic carbocycles. The van der Waals surface area contributed by atoms with Gasteiger partial charge in [0.1, 0.15) is 0 Å². The van der Waals surface area contributed by atoms with Crippen LogP contribution in [0.3, 0.4) is 0 Å². The predicted molar refractivity (Wildman–Crippen MR) is 62.7 cm³/mol. The predicted octanol–water partition coefficient (Wildman–Crippen LogP) is 1.91. The number of hydrogen-bond donors (Lipinski definition) is 0. The normalized spacial score (nSPS) is 33.6. The molecule has 1 saturated carbocycles. The van der Waals surface area contributed by atoms with E-state index in [1.165, 1.54) is 6.92 Å². The van der Waals surface area contributed by atoms with Gasteiger partial charge in [-0.2, -0.15) is 0 Å². The quantitative estimate of drug-likeness (QED) is 0.706. The lowest BCUT2D eigenvalue weighted by Crippen LogP contribution is -2.28. The highest BCUT2D eigenvalue weighted by Crippen LogP contribution is 2.28. The van der Waals surface area contributed by atoms with E-state index in [1.54, 1.807) is 0 Å². The molecule has 1 saturated heterocycles. The minimum Gasteiger partial charge on any atom is -0.466 e. The molecule has 1 atom stereocenters. The highest BCUT2D eigenvalue weighted by Gasteiger charge is 2.26. The van der Waals surface area contributed by atoms with Crippen molar-refractivity contribution < 1.29 is 19.0 Å². The zero-order valence-corrected chi connectivity index (χ0v) is 10.5. The molecule has 0 spiro atoms. The summed E-state index contributed by atoms with van der Waals surface area (Å²) in [5, 5.41) is 0. The zero-order valence-electron chi connectivity index (χ0n) is 10.5. The molecule has 2 fully saturated rings. The fourth-order valence-corrected chi connectivity index (χ4v) is 2.56. The fraction of sp³-hybridized carbons (Fsp3) is 0.923. The van der Waals surface area contributed by atoms with E-state index in [1.807, 2.05) is 0 Å². The van der Waals surface area contributed by atoms with E-state index < -0.39 is 0 Å². The number of hydrogen-bond acceptors (Lipinski definition) is 4. The van der Waals surface area contributed by atoms with Crippen LogP contribution in [0.1, 0.15) is 39.0 Å². The molecule has 0 radical (unpaired) electrons. The van der Waals surface area contributed by atoms with Gasteiger partial charge in [-0.25, -0.2) is 0 Å². The van der Waals surface area contributed by atoms with Crippen LogP contribution in [0.5, 0.6) is 0 Å². The molecular formula is C13H22O4. The van der Waals surface area contributed by atoms with Crippen LogP contribution in [0.4, 0.5) is 0 Å². The van der Waals surface area contributed by atoms with Crippen molar-refractivity contribution in [2.75, 3.05) is 19.8 Å². The standard InChI is InChI=1S/C13H22O4/c1-10(14)16-8-11-2-4-12(5-3-11)17-13-6-7-15-9-13/h11-13H,2-9H2,1H3. The Hall–Kier alpha value is -0.610. The van der Waals surface area contributed by atoms with Crippen molar-refractivity contribution in [1.82, 2.24) is 0 Å². The van der Waals surface area contributed by atoms with E-state index in [0.29, 0.717) is 24.7 Å². The molecule has 2 aliphatic rings. The number of carbonyl (C=O) groups is 1. The van der Waals surface area contributed by atoms with Gasteiger partial charge in [0, 0.05) is 13.5 Å². The van der Waals surface area contributed by atoms with Crippen molar-refractivity contribution in [3.63, 3.8) is 0 Å². The largest absolute Gasteiger partial charge is 0.466 e. The Morgan fingerprint density at radius 1 is 1.18 bits per heavy atom. The van der Waals surface area contributed by atoms with Crippen LogP contribution in [-0.4, -0.2) is 38.0 Å². The molecule has 2 rings (SSSR count). The molecule has 0 N–H and O–H groups in total. The van der Waals surface area contributed by atoms with Crippen molar-refractivity contribution in [2.24, 2.45) is 5.92 Å². The second-order valence-electron chi connectivity index (χ2n) is 5.07. The average Bonchev–Trinajstić information content (AvgIpc) is 2.81. The van der Waals surface area contributed by atoms with Crippen LogP contribution < -0.4 is 0 Å². The third-order valence-corrected chi connectivity index (χ3v) is 3.59. The maximum atomic E-state index is 10.7. The number of rotatable bonds is 4. The van der Waals surface area contributed by atoms with E-state index in [4.69, 9.17) is 14.2 Å². The summed E-state index contributed by atoms with van der Waals surface area (Å²) in [6, 6.07) is 0. The van der Waals surface area contributed by atoms with Crippen molar-refractivity contribution in [1.29, 1.82) is 0 Å². The fourth-order valence-electron chi connectivity index (χ4n) is 2.56. The van der Waals surface area contributed by atoms with E-state index in [9.17, 15) is 4.79 Å². The highest BCUT2D eigenvalue weighted by molar-refractivity contribution is 5.65. The number of carbonyl (C=O) groups excluding carboxylic acids is 1. The Kier molecular flexibility index (Phi) is 4.80. The summed E-state index contributed by atoms with van der Waals surface area (Å²) in [5.41, 5.74) is 0. The molecular weight excluding hydrogens is 220 g/mol. The van der Waals surface area contributed by atoms with Crippen molar-refractivity contribution in [3.05, 3.63) is 0 Å². The van der Waals surface area contributed by atoms with Crippen LogP contribution in [0.25, 0.3) is 0 Å². The molecule has 17 heavy (non-hydrogen) atoms. The lowest BCUT2D eigenvalue weighted by molar-refractivity contribution is -0.143. The summed E-state index contributed by atoms with van der Waals surface area (Å²) >= 11 is 0. The summed E-state index contributed by atoms with van der Waals surface area (Å²) < 4.78 is 16.3. The first kappa shape index (κ1) is 12.8. The molecule has 1 heterocycles. The molecule has 98 valence electrons. The van der Waals surface area contributed by atoms with E-state index in [0.717, 1.165) is 45.3 Å². The molecule has 0 bridgehead atoms. The summed E-state index contributed by atoms with van der Waals surface area (Å²) in [6.45, 7) is 3.64. The third-order valence-electron chi connectivity index (χ3n) is 3.59. The van der Waals surface area contributed by atoms with Gasteiger partial charge in [0.2, 0.25) is 0 Å². The monoisotopic (exact) mass is 242 g/mol. The van der Waals surface area contributed by atoms with Gasteiger partial charge >= 0.3 is 5.97 Å². The molecule has 0 aromatic heterocycles. The minimum absolute atomic E-state index is 0.175. The lowest BCUT2D eigenvalue weighted by Gasteiger charge is -2.29. The number of ether oxygens (including phenoxy) is 3. The number of esters is 1. The Morgan fingerprint density at radius 3 is 2.53 bits per heavy atom. The molecule has 1 aliphatic heterocycles. The smallest absolute Gasteiger partial charge is 0.302 e. The topological polar surface area (TPSA) is 44.8 Å². The van der Waals surface area contributed by atoms with Gasteiger partial charge < -0.3 is 14.2 Å². The van der Waals surface area contributed by atoms with Crippen molar-refractivity contribution in [2.45, 2.75) is 51.2 Å². The van der Waals surface area contributed by atoms with Gasteiger partial charge in [0.15, 0.2) is 0 Å². The van der Waals surface area contributed by atoms with Gasteiger partial charge in [-0.15, -0.1) is 0 Å². The first-order valence-corrected chi connectivity index (χ1v) is 6.60. The van der Waals surface area contributed by atoms with Gasteiger partial charge in [0.05, 0.1) is 25.4 Å². The second-order valence-corrected chi connectivity index (χ2v) is 5.07. The van der Waals surface area contributed by atoms with Crippen LogP contribution in [0.15, 0.2) is 0 Å². The second kappa shape index (κ2) is 6.36. The molecule has 1 unspecified atom stereocenters. The van der Waals surface area contributed by atoms with Crippen molar-refractivity contribution in [3.8, 4) is 0 Å². The van der Waals surface area contributed by atoms with Crippen LogP contribution >= 0.6 is 0 Å². The van der Waals surface area contributed by atoms with Gasteiger partial charge in [-0.05, 0) is 38.0 Å². The van der Waals surface area contributed by atoms with Gasteiger partial charge in [-0.1, -0.05) is 0 Å². The molecule has 4 heteroatoms. The zero-order chi connectivity index (χ0) is 12.1. The van der Waals surface area contributed by atoms with Gasteiger partial charge in [-0.3, -0.25) is 4.79 Å². The molecule has 0 amide bonds. The Bertz CT molecular complexity index is 240. The average molecular weight is 242 g/mol. The first-order chi connectivity index (χ1) is 8.24.